The maximum absolute atomic E-state index is 10.1. The topological polar surface area (TPSA) is 44.3 Å². The fourth-order valence-electron chi connectivity index (χ4n) is 3.35. The van der Waals surface area contributed by atoms with Crippen LogP contribution in [0.1, 0.15) is 11.1 Å². The molecule has 0 saturated carbocycles. The Morgan fingerprint density at radius 2 is 1.60 bits per heavy atom. The number of hydrogen-bond acceptors (Lipinski definition) is 3. The molecule has 1 aliphatic rings. The Labute approximate surface area is 155 Å². The minimum Gasteiger partial charge on any atom is -0.392 e. The summed E-state index contributed by atoms with van der Waals surface area (Å²) in [5, 5.41) is 19.3. The average Bonchev–Trinajstić information content (AvgIpc) is 3.10. The number of aliphatic hydroxyl groups excluding tert-OH is 1. The molecule has 0 aromatic heterocycles. The quantitative estimate of drug-likeness (QED) is 0.625. The van der Waals surface area contributed by atoms with Crippen molar-refractivity contribution in [2.24, 2.45) is 0 Å². The average molecular weight is 395 g/mol. The number of halogens is 1. The Bertz CT molecular complexity index is 939. The summed E-state index contributed by atoms with van der Waals surface area (Å²) in [4.78, 5) is 0. The Morgan fingerprint density at radius 3 is 2.36 bits per heavy atom. The highest BCUT2D eigenvalue weighted by Gasteiger charge is 2.34. The van der Waals surface area contributed by atoms with E-state index in [9.17, 15) is 5.11 Å². The molecule has 126 valence electrons. The highest BCUT2D eigenvalue weighted by molar-refractivity contribution is 9.10. The lowest BCUT2D eigenvalue weighted by molar-refractivity contribution is 0.166. The van der Waals surface area contributed by atoms with Gasteiger partial charge in [-0.25, -0.2) is 0 Å². The SMILES string of the molecule is OCC1(Cc2ccc(Br)c3ccccc23)NC=C(c2ccccc2)N1. The van der Waals surface area contributed by atoms with Crippen molar-refractivity contribution in [3.8, 4) is 0 Å². The van der Waals surface area contributed by atoms with Gasteiger partial charge in [-0.2, -0.15) is 0 Å². The van der Waals surface area contributed by atoms with E-state index in [-0.39, 0.29) is 6.61 Å². The third kappa shape index (κ3) is 3.03. The maximum atomic E-state index is 10.1. The third-order valence-electron chi connectivity index (χ3n) is 4.67. The second-order valence-corrected chi connectivity index (χ2v) is 7.22. The Kier molecular flexibility index (Phi) is 4.24. The number of fused-ring (bicyclic) bond motifs is 1. The van der Waals surface area contributed by atoms with Crippen molar-refractivity contribution in [3.05, 3.63) is 88.5 Å². The number of aliphatic hydroxyl groups is 1. The molecule has 0 amide bonds. The van der Waals surface area contributed by atoms with Crippen molar-refractivity contribution in [1.82, 2.24) is 10.6 Å². The lowest BCUT2D eigenvalue weighted by Crippen LogP contribution is -2.54. The fraction of sp³-hybridized carbons (Fsp3) is 0.143. The summed E-state index contributed by atoms with van der Waals surface area (Å²) >= 11 is 3.62. The van der Waals surface area contributed by atoms with Crippen LogP contribution in [0.3, 0.4) is 0 Å². The van der Waals surface area contributed by atoms with Gasteiger partial charge in [-0.15, -0.1) is 0 Å². The van der Waals surface area contributed by atoms with Gasteiger partial charge in [-0.1, -0.05) is 76.6 Å². The highest BCUT2D eigenvalue weighted by Crippen LogP contribution is 2.30. The molecule has 4 rings (SSSR count). The number of benzene rings is 3. The van der Waals surface area contributed by atoms with Crippen LogP contribution in [0, 0.1) is 0 Å². The van der Waals surface area contributed by atoms with Crippen molar-refractivity contribution in [2.75, 3.05) is 6.61 Å². The molecular weight excluding hydrogens is 376 g/mol. The third-order valence-corrected chi connectivity index (χ3v) is 5.37. The predicted octanol–water partition coefficient (Wildman–Crippen LogP) is 4.02. The van der Waals surface area contributed by atoms with Crippen LogP contribution in [-0.2, 0) is 6.42 Å². The first-order valence-corrected chi connectivity index (χ1v) is 9.08. The van der Waals surface area contributed by atoms with E-state index in [0.717, 1.165) is 15.7 Å². The van der Waals surface area contributed by atoms with Gasteiger partial charge >= 0.3 is 0 Å². The summed E-state index contributed by atoms with van der Waals surface area (Å²) < 4.78 is 1.08. The van der Waals surface area contributed by atoms with Gasteiger partial charge in [-0.3, -0.25) is 0 Å². The van der Waals surface area contributed by atoms with Crippen molar-refractivity contribution in [1.29, 1.82) is 0 Å². The summed E-state index contributed by atoms with van der Waals surface area (Å²) in [5.74, 6) is 0. The Morgan fingerprint density at radius 1 is 0.880 bits per heavy atom. The van der Waals surface area contributed by atoms with Crippen LogP contribution >= 0.6 is 15.9 Å². The van der Waals surface area contributed by atoms with E-state index >= 15 is 0 Å². The van der Waals surface area contributed by atoms with Crippen LogP contribution in [0.15, 0.2) is 77.4 Å². The fourth-order valence-corrected chi connectivity index (χ4v) is 3.83. The van der Waals surface area contributed by atoms with Gasteiger partial charge in [0, 0.05) is 17.1 Å². The molecule has 1 atom stereocenters. The van der Waals surface area contributed by atoms with Gasteiger partial charge in [0.15, 0.2) is 0 Å². The van der Waals surface area contributed by atoms with E-state index in [4.69, 9.17) is 0 Å². The first-order chi connectivity index (χ1) is 12.2. The lowest BCUT2D eigenvalue weighted by atomic mass is 9.95. The summed E-state index contributed by atoms with van der Waals surface area (Å²) in [6.45, 7) is -0.00970. The van der Waals surface area contributed by atoms with E-state index in [1.807, 2.05) is 36.5 Å². The van der Waals surface area contributed by atoms with Crippen LogP contribution < -0.4 is 10.6 Å². The highest BCUT2D eigenvalue weighted by atomic mass is 79.9. The molecule has 3 aromatic rings. The minimum absolute atomic E-state index is 0.00970. The number of rotatable bonds is 4. The van der Waals surface area contributed by atoms with E-state index in [1.165, 1.54) is 16.3 Å². The molecule has 3 N–H and O–H groups in total. The van der Waals surface area contributed by atoms with Crippen LogP contribution in [0.2, 0.25) is 0 Å². The second-order valence-electron chi connectivity index (χ2n) is 6.36. The first-order valence-electron chi connectivity index (χ1n) is 8.29. The monoisotopic (exact) mass is 394 g/mol. The normalized spacial score (nSPS) is 19.4. The summed E-state index contributed by atoms with van der Waals surface area (Å²) in [7, 11) is 0. The molecule has 0 saturated heterocycles. The Balaban J connectivity index is 1.65. The number of nitrogens with one attached hydrogen (secondary N) is 2. The van der Waals surface area contributed by atoms with Gasteiger partial charge in [0.05, 0.1) is 12.3 Å². The summed E-state index contributed by atoms with van der Waals surface area (Å²) in [6, 6.07) is 22.7. The zero-order valence-electron chi connectivity index (χ0n) is 13.7. The van der Waals surface area contributed by atoms with Gasteiger partial charge in [-0.05, 0) is 28.0 Å². The molecule has 1 heterocycles. The van der Waals surface area contributed by atoms with Crippen LogP contribution in [0.25, 0.3) is 16.5 Å². The molecule has 0 bridgehead atoms. The molecule has 0 fully saturated rings. The molecule has 4 heteroatoms. The molecule has 1 unspecified atom stereocenters. The van der Waals surface area contributed by atoms with Gasteiger partial charge in [0.1, 0.15) is 5.66 Å². The van der Waals surface area contributed by atoms with Crippen molar-refractivity contribution >= 4 is 32.4 Å². The maximum Gasteiger partial charge on any atom is 0.135 e. The molecule has 3 aromatic carbocycles. The zero-order valence-corrected chi connectivity index (χ0v) is 15.3. The van der Waals surface area contributed by atoms with E-state index < -0.39 is 5.66 Å². The summed E-state index contributed by atoms with van der Waals surface area (Å²) in [6.07, 6.45) is 2.62. The van der Waals surface area contributed by atoms with Crippen LogP contribution in [0.4, 0.5) is 0 Å². The van der Waals surface area contributed by atoms with Crippen molar-refractivity contribution in [3.63, 3.8) is 0 Å². The molecule has 25 heavy (non-hydrogen) atoms. The second kappa shape index (κ2) is 6.54. The van der Waals surface area contributed by atoms with E-state index in [1.54, 1.807) is 0 Å². The molecular formula is C21H19BrN2O. The molecule has 0 spiro atoms. The predicted molar refractivity (Wildman–Crippen MR) is 106 cm³/mol. The first kappa shape index (κ1) is 16.2. The molecule has 0 radical (unpaired) electrons. The van der Waals surface area contributed by atoms with Gasteiger partial charge < -0.3 is 15.7 Å². The molecule has 1 aliphatic heterocycles. The minimum atomic E-state index is -0.595. The Hall–Kier alpha value is -2.30. The lowest BCUT2D eigenvalue weighted by Gasteiger charge is -2.30. The molecule has 3 nitrogen and oxygen atoms in total. The van der Waals surface area contributed by atoms with Crippen LogP contribution in [-0.4, -0.2) is 17.4 Å². The zero-order chi connectivity index (χ0) is 17.3. The van der Waals surface area contributed by atoms with E-state index in [2.05, 4.69) is 63.0 Å². The summed E-state index contributed by atoms with van der Waals surface area (Å²) in [5.41, 5.74) is 2.69. The van der Waals surface area contributed by atoms with Gasteiger partial charge in [0.25, 0.3) is 0 Å². The van der Waals surface area contributed by atoms with Crippen molar-refractivity contribution < 1.29 is 5.11 Å². The standard InChI is InChI=1S/C21H19BrN2O/c22-19-11-10-16(17-8-4-5-9-18(17)19)12-21(14-25)23-13-20(24-21)15-6-2-1-3-7-15/h1-11,13,23-25H,12,14H2. The molecule has 0 aliphatic carbocycles. The van der Waals surface area contributed by atoms with Crippen molar-refractivity contribution in [2.45, 2.75) is 12.1 Å². The van der Waals surface area contributed by atoms with Gasteiger partial charge in [0.2, 0.25) is 0 Å². The smallest absolute Gasteiger partial charge is 0.135 e. The number of hydrogen-bond donors (Lipinski definition) is 3. The van der Waals surface area contributed by atoms with E-state index in [0.29, 0.717) is 6.42 Å². The largest absolute Gasteiger partial charge is 0.392 e. The van der Waals surface area contributed by atoms with Crippen LogP contribution in [0.5, 0.6) is 0 Å².